The Morgan fingerprint density at radius 2 is 1.74 bits per heavy atom. The molecule has 8 heteroatoms. The Morgan fingerprint density at radius 1 is 1.11 bits per heavy atom. The second-order valence-electron chi connectivity index (χ2n) is 5.70. The quantitative estimate of drug-likeness (QED) is 0.615. The summed E-state index contributed by atoms with van der Waals surface area (Å²) in [5.74, 6) is 3.70. The van der Waals surface area contributed by atoms with Crippen LogP contribution in [0.25, 0.3) is 10.2 Å². The summed E-state index contributed by atoms with van der Waals surface area (Å²) in [5, 5.41) is 0. The fourth-order valence-electron chi connectivity index (χ4n) is 2.63. The second-order valence-corrected chi connectivity index (χ2v) is 8.28. The normalized spacial score (nSPS) is 12.1. The third-order valence-corrected chi connectivity index (χ3v) is 6.45. The Morgan fingerprint density at radius 3 is 2.33 bits per heavy atom. The van der Waals surface area contributed by atoms with Crippen LogP contribution in [0.3, 0.4) is 0 Å². The maximum atomic E-state index is 12.8. The molecule has 0 atom stereocenters. The Balaban J connectivity index is 2.33. The van der Waals surface area contributed by atoms with Crippen LogP contribution in [0.5, 0.6) is 11.5 Å². The molecule has 0 bridgehead atoms. The van der Waals surface area contributed by atoms with Gasteiger partial charge in [-0.3, -0.25) is 0 Å². The first kappa shape index (κ1) is 19.0. The van der Waals surface area contributed by atoms with E-state index in [1.807, 2.05) is 6.92 Å². The number of aromatic nitrogens is 1. The molecule has 0 saturated heterocycles. The third kappa shape index (κ3) is 3.56. The van der Waals surface area contributed by atoms with E-state index in [4.69, 9.17) is 15.9 Å². The summed E-state index contributed by atoms with van der Waals surface area (Å²) < 4.78 is 42.8. The van der Waals surface area contributed by atoms with Crippen molar-refractivity contribution in [2.75, 3.05) is 14.2 Å². The summed E-state index contributed by atoms with van der Waals surface area (Å²) in [6.45, 7) is 2.03. The molecule has 27 heavy (non-hydrogen) atoms. The molecule has 140 valence electrons. The van der Waals surface area contributed by atoms with E-state index in [1.54, 1.807) is 43.1 Å². The van der Waals surface area contributed by atoms with E-state index >= 15 is 0 Å². The van der Waals surface area contributed by atoms with Crippen LogP contribution in [0.4, 0.5) is 0 Å². The molecule has 1 aromatic heterocycles. The third-order valence-electron chi connectivity index (χ3n) is 3.96. The van der Waals surface area contributed by atoms with Gasteiger partial charge in [-0.2, -0.15) is 8.42 Å². The van der Waals surface area contributed by atoms with Gasteiger partial charge in [-0.25, -0.2) is 0 Å². The van der Waals surface area contributed by atoms with Crippen LogP contribution in [-0.2, 0) is 16.6 Å². The molecule has 3 rings (SSSR count). The van der Waals surface area contributed by atoms with Gasteiger partial charge in [0.05, 0.1) is 25.7 Å². The van der Waals surface area contributed by atoms with Gasteiger partial charge < -0.3 is 14.0 Å². The highest BCUT2D eigenvalue weighted by Crippen LogP contribution is 2.35. The van der Waals surface area contributed by atoms with E-state index < -0.39 is 10.0 Å². The number of methoxy groups -OCH3 is 2. The van der Waals surface area contributed by atoms with Gasteiger partial charge in [0.2, 0.25) is 4.80 Å². The second kappa shape index (κ2) is 7.47. The summed E-state index contributed by atoms with van der Waals surface area (Å²) in [5.41, 5.74) is 1.62. The summed E-state index contributed by atoms with van der Waals surface area (Å²) >= 11 is 1.19. The highest BCUT2D eigenvalue weighted by Gasteiger charge is 2.18. The van der Waals surface area contributed by atoms with Crippen molar-refractivity contribution in [1.82, 2.24) is 4.57 Å². The number of nitrogens with zero attached hydrogens (tertiary/aromatic N) is 2. The summed E-state index contributed by atoms with van der Waals surface area (Å²) in [7, 11) is -0.805. The number of ether oxygens (including phenoxy) is 2. The molecule has 0 unspecified atom stereocenters. The van der Waals surface area contributed by atoms with Crippen molar-refractivity contribution >= 4 is 31.6 Å². The number of aryl methyl sites for hydroxylation is 1. The van der Waals surface area contributed by atoms with Gasteiger partial charge in [-0.1, -0.05) is 35.0 Å². The Kier molecular flexibility index (Phi) is 5.26. The smallest absolute Gasteiger partial charge is 0.285 e. The molecule has 0 spiro atoms. The molecule has 1 heterocycles. The van der Waals surface area contributed by atoms with E-state index in [-0.39, 0.29) is 16.2 Å². The molecule has 0 aliphatic rings. The summed E-state index contributed by atoms with van der Waals surface area (Å²) in [4.78, 5) is 0.378. The first-order valence-corrected chi connectivity index (χ1v) is 10.2. The zero-order chi connectivity index (χ0) is 19.6. The van der Waals surface area contributed by atoms with E-state index in [1.165, 1.54) is 23.5 Å². The monoisotopic (exact) mass is 402 g/mol. The van der Waals surface area contributed by atoms with Crippen LogP contribution in [0.2, 0.25) is 0 Å². The van der Waals surface area contributed by atoms with Gasteiger partial charge in [0, 0.05) is 0 Å². The fourth-order valence-corrected chi connectivity index (χ4v) is 4.97. The van der Waals surface area contributed by atoms with Gasteiger partial charge in [0.25, 0.3) is 10.0 Å². The first-order chi connectivity index (χ1) is 12.9. The van der Waals surface area contributed by atoms with Crippen LogP contribution in [0.15, 0.2) is 45.7 Å². The molecule has 0 saturated carbocycles. The zero-order valence-electron chi connectivity index (χ0n) is 15.1. The molecule has 0 amide bonds. The average Bonchev–Trinajstić information content (AvgIpc) is 2.99. The SMILES string of the molecule is C#CCn1/c(=N/S(=O)(=O)c2ccc(C)cc2)sc2c(OC)ccc(OC)c21. The average molecular weight is 402 g/mol. The predicted molar refractivity (Wildman–Crippen MR) is 106 cm³/mol. The Labute approximate surface area is 161 Å². The van der Waals surface area contributed by atoms with E-state index in [0.717, 1.165) is 5.56 Å². The van der Waals surface area contributed by atoms with E-state index in [2.05, 4.69) is 10.3 Å². The van der Waals surface area contributed by atoms with Crippen LogP contribution in [0.1, 0.15) is 5.56 Å². The predicted octanol–water partition coefficient (Wildman–Crippen LogP) is 2.95. The van der Waals surface area contributed by atoms with Crippen LogP contribution in [0, 0.1) is 19.3 Å². The molecule has 2 aromatic carbocycles. The molecule has 0 N–H and O–H groups in total. The molecule has 6 nitrogen and oxygen atoms in total. The lowest BCUT2D eigenvalue weighted by Gasteiger charge is -2.08. The van der Waals surface area contributed by atoms with Crippen LogP contribution in [-0.4, -0.2) is 27.2 Å². The highest BCUT2D eigenvalue weighted by atomic mass is 32.2. The van der Waals surface area contributed by atoms with Crippen molar-refractivity contribution < 1.29 is 17.9 Å². The summed E-state index contributed by atoms with van der Waals surface area (Å²) in [6, 6.07) is 10.0. The highest BCUT2D eigenvalue weighted by molar-refractivity contribution is 7.90. The molecule has 0 radical (unpaired) electrons. The number of hydrogen-bond donors (Lipinski definition) is 0. The van der Waals surface area contributed by atoms with Crippen molar-refractivity contribution in [3.8, 4) is 23.8 Å². The van der Waals surface area contributed by atoms with Gasteiger partial charge in [0.15, 0.2) is 0 Å². The fraction of sp³-hybridized carbons (Fsp3) is 0.211. The maximum absolute atomic E-state index is 12.8. The molecule has 3 aromatic rings. The number of hydrogen-bond acceptors (Lipinski definition) is 5. The van der Waals surface area contributed by atoms with Gasteiger partial charge in [-0.15, -0.1) is 10.8 Å². The zero-order valence-corrected chi connectivity index (χ0v) is 16.7. The minimum Gasteiger partial charge on any atom is -0.495 e. The minimum atomic E-state index is -3.89. The molecule has 0 aliphatic heterocycles. The lowest BCUT2D eigenvalue weighted by molar-refractivity contribution is 0.409. The topological polar surface area (TPSA) is 69.9 Å². The lowest BCUT2D eigenvalue weighted by Crippen LogP contribution is -2.17. The van der Waals surface area contributed by atoms with Crippen molar-refractivity contribution in [3.05, 3.63) is 46.8 Å². The molecular formula is C19H18N2O4S2. The maximum Gasteiger partial charge on any atom is 0.285 e. The standard InChI is InChI=1S/C19H18N2O4S2/c1-5-12-21-17-15(24-3)10-11-16(25-4)18(17)26-19(21)20-27(22,23)14-8-6-13(2)7-9-14/h1,6-11H,12H2,2-4H3/b20-19-. The number of rotatable bonds is 5. The molecule has 0 aliphatic carbocycles. The van der Waals surface area contributed by atoms with Gasteiger partial charge >= 0.3 is 0 Å². The van der Waals surface area contributed by atoms with Crippen molar-refractivity contribution in [1.29, 1.82) is 0 Å². The van der Waals surface area contributed by atoms with E-state index in [0.29, 0.717) is 21.7 Å². The van der Waals surface area contributed by atoms with Gasteiger partial charge in [-0.05, 0) is 31.2 Å². The number of sulfonamides is 1. The van der Waals surface area contributed by atoms with Crippen molar-refractivity contribution in [2.24, 2.45) is 4.40 Å². The number of fused-ring (bicyclic) bond motifs is 1. The lowest BCUT2D eigenvalue weighted by atomic mass is 10.2. The van der Waals surface area contributed by atoms with Crippen molar-refractivity contribution in [2.45, 2.75) is 18.4 Å². The van der Waals surface area contributed by atoms with Crippen molar-refractivity contribution in [3.63, 3.8) is 0 Å². The minimum absolute atomic E-state index is 0.122. The molecular weight excluding hydrogens is 384 g/mol. The Hall–Kier alpha value is -2.76. The van der Waals surface area contributed by atoms with Gasteiger partial charge in [0.1, 0.15) is 21.7 Å². The molecule has 0 fully saturated rings. The van der Waals surface area contributed by atoms with E-state index in [9.17, 15) is 8.42 Å². The number of benzene rings is 2. The number of thiazole rings is 1. The number of terminal acetylenes is 1. The Bertz CT molecular complexity index is 1200. The van der Waals surface area contributed by atoms with Crippen LogP contribution >= 0.6 is 11.3 Å². The first-order valence-electron chi connectivity index (χ1n) is 7.96. The van der Waals surface area contributed by atoms with Crippen LogP contribution < -0.4 is 14.3 Å². The summed E-state index contributed by atoms with van der Waals surface area (Å²) in [6.07, 6.45) is 5.50. The largest absolute Gasteiger partial charge is 0.495 e.